The molecule has 3 nitrogen and oxygen atoms in total. The van der Waals surface area contributed by atoms with Gasteiger partial charge in [-0.2, -0.15) is 0 Å². The first-order chi connectivity index (χ1) is 5.24. The van der Waals surface area contributed by atoms with Gasteiger partial charge in [0.25, 0.3) is 0 Å². The maximum atomic E-state index is 8.98. The number of nitrogens with one attached hydrogen (secondary N) is 2. The predicted octanol–water partition coefficient (Wildman–Crippen LogP) is -0.435. The Kier molecular flexibility index (Phi) is 3.30. The molecule has 66 valence electrons. The van der Waals surface area contributed by atoms with Crippen LogP contribution in [0.3, 0.4) is 0 Å². The number of aliphatic hydroxyl groups excluding tert-OH is 1. The quantitative estimate of drug-likeness (QED) is 0.520. The van der Waals surface area contributed by atoms with Crippen LogP contribution in [0.2, 0.25) is 0 Å². The first kappa shape index (κ1) is 8.97. The molecule has 3 heteroatoms. The summed E-state index contributed by atoms with van der Waals surface area (Å²) in [4.78, 5) is 0. The SMILES string of the molecule is CC(C)[C@@H](CO)NC1CNC1. The standard InChI is InChI=1S/C8H18N2O/c1-6(2)8(5-11)10-7-3-9-4-7/h6-11H,3-5H2,1-2H3/t8-/m1/s1. The lowest BCUT2D eigenvalue weighted by Gasteiger charge is -2.33. The zero-order chi connectivity index (χ0) is 8.27. The summed E-state index contributed by atoms with van der Waals surface area (Å²) < 4.78 is 0. The lowest BCUT2D eigenvalue weighted by molar-refractivity contribution is 0.185. The van der Waals surface area contributed by atoms with E-state index < -0.39 is 0 Å². The highest BCUT2D eigenvalue weighted by atomic mass is 16.3. The van der Waals surface area contributed by atoms with Crippen LogP contribution < -0.4 is 10.6 Å². The normalized spacial score (nSPS) is 21.8. The van der Waals surface area contributed by atoms with E-state index >= 15 is 0 Å². The van der Waals surface area contributed by atoms with E-state index in [0.717, 1.165) is 13.1 Å². The minimum absolute atomic E-state index is 0.244. The van der Waals surface area contributed by atoms with Crippen molar-refractivity contribution in [3.63, 3.8) is 0 Å². The highest BCUT2D eigenvalue weighted by Gasteiger charge is 2.21. The molecule has 1 aliphatic rings. The van der Waals surface area contributed by atoms with Gasteiger partial charge < -0.3 is 15.7 Å². The molecule has 0 aromatic rings. The molecule has 1 saturated heterocycles. The molecule has 1 fully saturated rings. The van der Waals surface area contributed by atoms with Crippen LogP contribution in [0.15, 0.2) is 0 Å². The van der Waals surface area contributed by atoms with Crippen molar-refractivity contribution in [3.05, 3.63) is 0 Å². The largest absolute Gasteiger partial charge is 0.395 e. The van der Waals surface area contributed by atoms with Crippen LogP contribution in [-0.4, -0.2) is 36.9 Å². The maximum Gasteiger partial charge on any atom is 0.0587 e. The number of aliphatic hydroxyl groups is 1. The molecular formula is C8H18N2O. The van der Waals surface area contributed by atoms with Crippen molar-refractivity contribution in [1.82, 2.24) is 10.6 Å². The highest BCUT2D eigenvalue weighted by molar-refractivity contribution is 4.85. The van der Waals surface area contributed by atoms with Crippen LogP contribution in [-0.2, 0) is 0 Å². The van der Waals surface area contributed by atoms with Crippen molar-refractivity contribution < 1.29 is 5.11 Å². The molecule has 0 unspecified atom stereocenters. The Balaban J connectivity index is 2.19. The molecule has 0 spiro atoms. The van der Waals surface area contributed by atoms with Crippen LogP contribution in [0.5, 0.6) is 0 Å². The summed E-state index contributed by atoms with van der Waals surface area (Å²) in [6, 6.07) is 0.844. The van der Waals surface area contributed by atoms with Gasteiger partial charge in [0.15, 0.2) is 0 Å². The summed E-state index contributed by atoms with van der Waals surface area (Å²) in [5, 5.41) is 15.6. The van der Waals surface area contributed by atoms with Crippen LogP contribution in [0.4, 0.5) is 0 Å². The van der Waals surface area contributed by atoms with Gasteiger partial charge in [-0.05, 0) is 5.92 Å². The third-order valence-corrected chi connectivity index (χ3v) is 2.23. The fourth-order valence-corrected chi connectivity index (χ4v) is 1.17. The van der Waals surface area contributed by atoms with E-state index in [4.69, 9.17) is 5.11 Å². The van der Waals surface area contributed by atoms with E-state index in [2.05, 4.69) is 24.5 Å². The predicted molar refractivity (Wildman–Crippen MR) is 45.5 cm³/mol. The van der Waals surface area contributed by atoms with E-state index in [0.29, 0.717) is 12.0 Å². The van der Waals surface area contributed by atoms with Crippen molar-refractivity contribution in [1.29, 1.82) is 0 Å². The van der Waals surface area contributed by atoms with Crippen LogP contribution in [0.25, 0.3) is 0 Å². The van der Waals surface area contributed by atoms with Crippen molar-refractivity contribution in [2.75, 3.05) is 19.7 Å². The van der Waals surface area contributed by atoms with E-state index in [1.165, 1.54) is 0 Å². The Morgan fingerprint density at radius 3 is 2.45 bits per heavy atom. The van der Waals surface area contributed by atoms with Crippen LogP contribution >= 0.6 is 0 Å². The van der Waals surface area contributed by atoms with Crippen molar-refractivity contribution >= 4 is 0 Å². The molecule has 1 heterocycles. The highest BCUT2D eigenvalue weighted by Crippen LogP contribution is 2.03. The lowest BCUT2D eigenvalue weighted by atomic mass is 10.0. The third kappa shape index (κ3) is 2.43. The number of hydrogen-bond acceptors (Lipinski definition) is 3. The van der Waals surface area contributed by atoms with Crippen molar-refractivity contribution in [3.8, 4) is 0 Å². The van der Waals surface area contributed by atoms with E-state index in [1.807, 2.05) is 0 Å². The Morgan fingerprint density at radius 1 is 1.55 bits per heavy atom. The number of rotatable bonds is 4. The molecule has 0 amide bonds. The molecule has 0 aromatic heterocycles. The molecule has 3 N–H and O–H groups in total. The molecule has 1 aliphatic heterocycles. The first-order valence-electron chi connectivity index (χ1n) is 4.31. The van der Waals surface area contributed by atoms with Gasteiger partial charge in [0.1, 0.15) is 0 Å². The van der Waals surface area contributed by atoms with Gasteiger partial charge in [0, 0.05) is 25.2 Å². The van der Waals surface area contributed by atoms with E-state index in [-0.39, 0.29) is 12.6 Å². The van der Waals surface area contributed by atoms with E-state index in [1.54, 1.807) is 0 Å². The molecule has 0 aromatic carbocycles. The Hall–Kier alpha value is -0.120. The second kappa shape index (κ2) is 4.04. The molecule has 0 saturated carbocycles. The second-order valence-electron chi connectivity index (χ2n) is 3.55. The summed E-state index contributed by atoms with van der Waals surface area (Å²) in [7, 11) is 0. The smallest absolute Gasteiger partial charge is 0.0587 e. The maximum absolute atomic E-state index is 8.98. The van der Waals surface area contributed by atoms with Gasteiger partial charge in [-0.15, -0.1) is 0 Å². The molecular weight excluding hydrogens is 140 g/mol. The lowest BCUT2D eigenvalue weighted by Crippen LogP contribution is -2.59. The van der Waals surface area contributed by atoms with Crippen LogP contribution in [0.1, 0.15) is 13.8 Å². The van der Waals surface area contributed by atoms with Gasteiger partial charge in [0.2, 0.25) is 0 Å². The Bertz CT molecular complexity index is 113. The summed E-state index contributed by atoms with van der Waals surface area (Å²) >= 11 is 0. The Labute approximate surface area is 68.2 Å². The van der Waals surface area contributed by atoms with Gasteiger partial charge in [-0.1, -0.05) is 13.8 Å². The van der Waals surface area contributed by atoms with Gasteiger partial charge in [-0.25, -0.2) is 0 Å². The molecule has 1 rings (SSSR count). The number of hydrogen-bond donors (Lipinski definition) is 3. The van der Waals surface area contributed by atoms with Crippen molar-refractivity contribution in [2.45, 2.75) is 25.9 Å². The van der Waals surface area contributed by atoms with Crippen molar-refractivity contribution in [2.24, 2.45) is 5.92 Å². The minimum atomic E-state index is 0.244. The molecule has 1 atom stereocenters. The van der Waals surface area contributed by atoms with Gasteiger partial charge in [0.05, 0.1) is 6.61 Å². The molecule has 11 heavy (non-hydrogen) atoms. The monoisotopic (exact) mass is 158 g/mol. The average Bonchev–Trinajstić information content (AvgIpc) is 1.85. The zero-order valence-electron chi connectivity index (χ0n) is 7.30. The zero-order valence-corrected chi connectivity index (χ0v) is 7.30. The molecule has 0 aliphatic carbocycles. The fraction of sp³-hybridized carbons (Fsp3) is 1.00. The van der Waals surface area contributed by atoms with Gasteiger partial charge in [-0.3, -0.25) is 0 Å². The third-order valence-electron chi connectivity index (χ3n) is 2.23. The average molecular weight is 158 g/mol. The Morgan fingerprint density at radius 2 is 2.18 bits per heavy atom. The molecule has 0 bridgehead atoms. The van der Waals surface area contributed by atoms with E-state index in [9.17, 15) is 0 Å². The first-order valence-corrected chi connectivity index (χ1v) is 4.31. The fourth-order valence-electron chi connectivity index (χ4n) is 1.17. The minimum Gasteiger partial charge on any atom is -0.395 e. The summed E-state index contributed by atoms with van der Waals surface area (Å²) in [5.74, 6) is 0.514. The topological polar surface area (TPSA) is 44.3 Å². The summed E-state index contributed by atoms with van der Waals surface area (Å²) in [6.45, 7) is 6.58. The summed E-state index contributed by atoms with van der Waals surface area (Å²) in [5.41, 5.74) is 0. The van der Waals surface area contributed by atoms with Crippen LogP contribution in [0, 0.1) is 5.92 Å². The molecule has 0 radical (unpaired) electrons. The van der Waals surface area contributed by atoms with Gasteiger partial charge >= 0.3 is 0 Å². The second-order valence-corrected chi connectivity index (χ2v) is 3.55. The summed E-state index contributed by atoms with van der Waals surface area (Å²) in [6.07, 6.45) is 0.